The van der Waals surface area contributed by atoms with Crippen LogP contribution in [0.4, 0.5) is 20.3 Å². The standard InChI is InChI=1S/C26H26F2N6O3/c1-16-13-17(3-4-18(16)26(36)33-11-9-32(15-35)10-12-33)31-24-25-30-14-20(34(25)8-7-29-24)19-5-6-21(37-2)23(28)22(19)27/h3-8,13-14,35H,9-12,15H2,1-2H3,(H,29,31). The molecule has 1 amide bonds. The Labute approximate surface area is 211 Å². The van der Waals surface area contributed by atoms with E-state index in [-0.39, 0.29) is 24.0 Å². The molecule has 2 aromatic carbocycles. The number of carbonyl (C=O) groups is 1. The molecule has 11 heteroatoms. The molecule has 1 aliphatic rings. The molecule has 4 aromatic rings. The van der Waals surface area contributed by atoms with Gasteiger partial charge in [0.05, 0.1) is 25.7 Å². The van der Waals surface area contributed by atoms with E-state index in [0.29, 0.717) is 54.6 Å². The molecule has 0 radical (unpaired) electrons. The van der Waals surface area contributed by atoms with Crippen molar-refractivity contribution in [3.05, 3.63) is 71.7 Å². The lowest BCUT2D eigenvalue weighted by Crippen LogP contribution is -2.48. The molecule has 37 heavy (non-hydrogen) atoms. The maximum Gasteiger partial charge on any atom is 0.254 e. The highest BCUT2D eigenvalue weighted by Gasteiger charge is 2.23. The van der Waals surface area contributed by atoms with Crippen molar-refractivity contribution in [1.29, 1.82) is 0 Å². The zero-order chi connectivity index (χ0) is 26.1. The van der Waals surface area contributed by atoms with Crippen LogP contribution in [-0.2, 0) is 0 Å². The van der Waals surface area contributed by atoms with E-state index >= 15 is 0 Å². The molecular weight excluding hydrogens is 482 g/mol. The van der Waals surface area contributed by atoms with Crippen LogP contribution in [0.5, 0.6) is 5.75 Å². The van der Waals surface area contributed by atoms with Gasteiger partial charge in [0.25, 0.3) is 5.91 Å². The van der Waals surface area contributed by atoms with Gasteiger partial charge in [-0.3, -0.25) is 14.1 Å². The van der Waals surface area contributed by atoms with Crippen LogP contribution in [-0.4, -0.2) is 75.2 Å². The van der Waals surface area contributed by atoms with Crippen molar-refractivity contribution >= 4 is 23.1 Å². The van der Waals surface area contributed by atoms with Gasteiger partial charge >= 0.3 is 0 Å². The van der Waals surface area contributed by atoms with Gasteiger partial charge < -0.3 is 20.1 Å². The molecule has 192 valence electrons. The van der Waals surface area contributed by atoms with Gasteiger partial charge in [0.1, 0.15) is 0 Å². The number of aryl methyl sites for hydroxylation is 1. The minimum absolute atomic E-state index is 0.00778. The molecule has 2 aromatic heterocycles. The molecule has 1 aliphatic heterocycles. The van der Waals surface area contributed by atoms with Crippen molar-refractivity contribution in [3.63, 3.8) is 0 Å². The predicted molar refractivity (Wildman–Crippen MR) is 134 cm³/mol. The summed E-state index contributed by atoms with van der Waals surface area (Å²) in [7, 11) is 1.28. The minimum Gasteiger partial charge on any atom is -0.494 e. The first-order valence-corrected chi connectivity index (χ1v) is 11.8. The van der Waals surface area contributed by atoms with E-state index in [1.807, 2.05) is 17.9 Å². The molecule has 5 rings (SSSR count). The lowest BCUT2D eigenvalue weighted by atomic mass is 10.1. The monoisotopic (exact) mass is 508 g/mol. The number of hydrogen-bond donors (Lipinski definition) is 2. The van der Waals surface area contributed by atoms with Crippen molar-refractivity contribution in [1.82, 2.24) is 24.2 Å². The summed E-state index contributed by atoms with van der Waals surface area (Å²) in [6, 6.07) is 8.22. The van der Waals surface area contributed by atoms with Crippen molar-refractivity contribution in [3.8, 4) is 17.0 Å². The van der Waals surface area contributed by atoms with Gasteiger partial charge in [0.15, 0.2) is 23.0 Å². The zero-order valence-electron chi connectivity index (χ0n) is 20.4. The number of ether oxygens (including phenoxy) is 1. The van der Waals surface area contributed by atoms with Crippen LogP contribution in [0, 0.1) is 18.6 Å². The quantitative estimate of drug-likeness (QED) is 0.412. The number of anilines is 2. The van der Waals surface area contributed by atoms with E-state index in [0.717, 1.165) is 5.56 Å². The van der Waals surface area contributed by atoms with E-state index < -0.39 is 11.6 Å². The van der Waals surface area contributed by atoms with Crippen molar-refractivity contribution in [2.45, 2.75) is 6.92 Å². The van der Waals surface area contributed by atoms with E-state index in [9.17, 15) is 18.7 Å². The highest BCUT2D eigenvalue weighted by molar-refractivity contribution is 5.96. The Morgan fingerprint density at radius 3 is 2.59 bits per heavy atom. The number of benzene rings is 2. The van der Waals surface area contributed by atoms with Crippen LogP contribution in [0.15, 0.2) is 48.9 Å². The number of carbonyl (C=O) groups excluding carboxylic acids is 1. The average molecular weight is 509 g/mol. The SMILES string of the molecule is COc1ccc(-c2cnc3c(Nc4ccc(C(=O)N5CCN(CO)CC5)c(C)c4)nccn23)c(F)c1F. The largest absolute Gasteiger partial charge is 0.494 e. The molecule has 0 saturated carbocycles. The first-order valence-electron chi connectivity index (χ1n) is 11.8. The van der Waals surface area contributed by atoms with Crippen LogP contribution in [0.1, 0.15) is 15.9 Å². The third kappa shape index (κ3) is 4.58. The Morgan fingerprint density at radius 1 is 1.11 bits per heavy atom. The van der Waals surface area contributed by atoms with Crippen molar-refractivity contribution < 1.29 is 23.4 Å². The zero-order valence-corrected chi connectivity index (χ0v) is 20.4. The molecular formula is C26H26F2N6O3. The number of nitrogens with one attached hydrogen (secondary N) is 1. The second-order valence-electron chi connectivity index (χ2n) is 8.76. The van der Waals surface area contributed by atoms with Gasteiger partial charge in [0.2, 0.25) is 5.82 Å². The number of aliphatic hydroxyl groups excluding tert-OH is 1. The number of methoxy groups -OCH3 is 1. The van der Waals surface area contributed by atoms with Crippen LogP contribution < -0.4 is 10.1 Å². The number of aliphatic hydroxyl groups is 1. The number of nitrogens with zero attached hydrogens (tertiary/aromatic N) is 5. The first-order chi connectivity index (χ1) is 17.9. The fourth-order valence-electron chi connectivity index (χ4n) is 4.47. The normalized spacial score (nSPS) is 14.2. The van der Waals surface area contributed by atoms with Gasteiger partial charge in [-0.05, 0) is 42.8 Å². The molecule has 0 unspecified atom stereocenters. The fraction of sp³-hybridized carbons (Fsp3) is 0.269. The topological polar surface area (TPSA) is 95.2 Å². The van der Waals surface area contributed by atoms with Crippen LogP contribution in [0.25, 0.3) is 16.9 Å². The summed E-state index contributed by atoms with van der Waals surface area (Å²) in [5.74, 6) is -1.90. The first kappa shape index (κ1) is 24.6. The van der Waals surface area contributed by atoms with Crippen LogP contribution >= 0.6 is 0 Å². The Kier molecular flexibility index (Phi) is 6.72. The summed E-state index contributed by atoms with van der Waals surface area (Å²) >= 11 is 0. The number of rotatable bonds is 6. The highest BCUT2D eigenvalue weighted by atomic mass is 19.2. The number of piperazine rings is 1. The summed E-state index contributed by atoms with van der Waals surface area (Å²) in [4.78, 5) is 25.5. The van der Waals surface area contributed by atoms with Crippen molar-refractivity contribution in [2.75, 3.05) is 45.3 Å². The summed E-state index contributed by atoms with van der Waals surface area (Å²) in [5.41, 5.74) is 2.93. The number of amides is 1. The number of aromatic nitrogens is 3. The Bertz CT molecular complexity index is 1470. The Balaban J connectivity index is 1.39. The fourth-order valence-corrected chi connectivity index (χ4v) is 4.47. The van der Waals surface area contributed by atoms with Crippen LogP contribution in [0.2, 0.25) is 0 Å². The third-order valence-corrected chi connectivity index (χ3v) is 6.55. The second-order valence-corrected chi connectivity index (χ2v) is 8.76. The summed E-state index contributed by atoms with van der Waals surface area (Å²) < 4.78 is 35.5. The van der Waals surface area contributed by atoms with Gasteiger partial charge in [-0.2, -0.15) is 4.39 Å². The maximum atomic E-state index is 14.7. The second kappa shape index (κ2) is 10.1. The van der Waals surface area contributed by atoms with Gasteiger partial charge in [0, 0.05) is 55.4 Å². The summed E-state index contributed by atoms with van der Waals surface area (Å²) in [6.07, 6.45) is 4.61. The van der Waals surface area contributed by atoms with E-state index in [2.05, 4.69) is 15.3 Å². The van der Waals surface area contributed by atoms with Gasteiger partial charge in [-0.1, -0.05) is 0 Å². The number of fused-ring (bicyclic) bond motifs is 1. The third-order valence-electron chi connectivity index (χ3n) is 6.55. The minimum atomic E-state index is -1.07. The maximum absolute atomic E-state index is 14.7. The molecule has 2 N–H and O–H groups in total. The Morgan fingerprint density at radius 2 is 1.89 bits per heavy atom. The van der Waals surface area contributed by atoms with E-state index in [1.165, 1.54) is 31.6 Å². The molecule has 0 bridgehead atoms. The summed E-state index contributed by atoms with van der Waals surface area (Å²) in [5, 5.41) is 12.5. The highest BCUT2D eigenvalue weighted by Crippen LogP contribution is 2.31. The summed E-state index contributed by atoms with van der Waals surface area (Å²) in [6.45, 7) is 4.25. The number of imidazole rings is 1. The predicted octanol–water partition coefficient (Wildman–Crippen LogP) is 3.44. The molecule has 1 fully saturated rings. The molecule has 0 atom stereocenters. The van der Waals surface area contributed by atoms with Crippen LogP contribution in [0.3, 0.4) is 0 Å². The lowest BCUT2D eigenvalue weighted by molar-refractivity contribution is 0.0422. The van der Waals surface area contributed by atoms with E-state index in [4.69, 9.17) is 4.74 Å². The molecule has 3 heterocycles. The number of hydrogen-bond acceptors (Lipinski definition) is 7. The smallest absolute Gasteiger partial charge is 0.254 e. The Hall–Kier alpha value is -4.09. The lowest BCUT2D eigenvalue weighted by Gasteiger charge is -2.33. The van der Waals surface area contributed by atoms with Gasteiger partial charge in [-0.15, -0.1) is 0 Å². The molecule has 1 saturated heterocycles. The van der Waals surface area contributed by atoms with Gasteiger partial charge in [-0.25, -0.2) is 14.4 Å². The van der Waals surface area contributed by atoms with Crippen molar-refractivity contribution in [2.24, 2.45) is 0 Å². The molecule has 0 aliphatic carbocycles. The average Bonchev–Trinajstić information content (AvgIpc) is 3.35. The van der Waals surface area contributed by atoms with E-state index in [1.54, 1.807) is 27.6 Å². The molecule has 0 spiro atoms. The molecule has 9 nitrogen and oxygen atoms in total. The number of halogens is 2.